The zero-order valence-electron chi connectivity index (χ0n) is 7.92. The molecule has 0 bridgehead atoms. The van der Waals surface area contributed by atoms with Crippen molar-refractivity contribution in [2.75, 3.05) is 5.73 Å². The van der Waals surface area contributed by atoms with Gasteiger partial charge in [-0.2, -0.15) is 0 Å². The van der Waals surface area contributed by atoms with Crippen molar-refractivity contribution in [1.29, 1.82) is 0 Å². The van der Waals surface area contributed by atoms with E-state index in [-0.39, 0.29) is 5.78 Å². The summed E-state index contributed by atoms with van der Waals surface area (Å²) in [5.74, 6) is -0.114. The van der Waals surface area contributed by atoms with Crippen LogP contribution in [0.2, 0.25) is 0 Å². The van der Waals surface area contributed by atoms with Crippen LogP contribution in [0.25, 0.3) is 0 Å². The molecule has 15 heavy (non-hydrogen) atoms. The van der Waals surface area contributed by atoms with Crippen LogP contribution in [-0.4, -0.2) is 15.8 Å². The molecule has 2 aromatic heterocycles. The number of nitrogens with zero attached hydrogens (tertiary/aromatic N) is 2. The molecule has 74 valence electrons. The molecule has 0 aliphatic heterocycles. The highest BCUT2D eigenvalue weighted by Crippen LogP contribution is 2.14. The van der Waals surface area contributed by atoms with Gasteiger partial charge >= 0.3 is 0 Å². The summed E-state index contributed by atoms with van der Waals surface area (Å²) in [6.07, 6.45) is 6.16. The van der Waals surface area contributed by atoms with Crippen LogP contribution < -0.4 is 5.73 Å². The van der Waals surface area contributed by atoms with Crippen LogP contribution in [-0.2, 0) is 0 Å². The molecule has 0 amide bonds. The van der Waals surface area contributed by atoms with Crippen molar-refractivity contribution < 1.29 is 4.79 Å². The summed E-state index contributed by atoms with van der Waals surface area (Å²) in [5.41, 5.74) is 7.09. The number of rotatable bonds is 2. The first-order valence-corrected chi connectivity index (χ1v) is 4.43. The summed E-state index contributed by atoms with van der Waals surface area (Å²) in [6.45, 7) is 0. The summed E-state index contributed by atoms with van der Waals surface area (Å²) >= 11 is 0. The zero-order valence-corrected chi connectivity index (χ0v) is 7.92. The maximum absolute atomic E-state index is 11.9. The monoisotopic (exact) mass is 199 g/mol. The molecule has 0 spiro atoms. The minimum absolute atomic E-state index is 0.114. The number of hydrogen-bond acceptors (Lipinski definition) is 4. The van der Waals surface area contributed by atoms with Crippen molar-refractivity contribution in [3.8, 4) is 0 Å². The second kappa shape index (κ2) is 3.88. The van der Waals surface area contributed by atoms with E-state index in [0.29, 0.717) is 16.8 Å². The first-order chi connectivity index (χ1) is 7.29. The fraction of sp³-hybridized carbons (Fsp3) is 0. The molecule has 4 nitrogen and oxygen atoms in total. The highest BCUT2D eigenvalue weighted by atomic mass is 16.1. The van der Waals surface area contributed by atoms with Crippen LogP contribution in [0.4, 0.5) is 5.69 Å². The molecular weight excluding hydrogens is 190 g/mol. The molecule has 0 aliphatic carbocycles. The second-order valence-corrected chi connectivity index (χ2v) is 3.03. The fourth-order valence-corrected chi connectivity index (χ4v) is 1.27. The molecule has 0 saturated heterocycles. The van der Waals surface area contributed by atoms with Crippen molar-refractivity contribution in [3.05, 3.63) is 54.1 Å². The number of aromatic nitrogens is 2. The lowest BCUT2D eigenvalue weighted by Gasteiger charge is -2.02. The Morgan fingerprint density at radius 3 is 2.40 bits per heavy atom. The molecule has 0 fully saturated rings. The summed E-state index contributed by atoms with van der Waals surface area (Å²) < 4.78 is 0. The summed E-state index contributed by atoms with van der Waals surface area (Å²) in [6, 6.07) is 4.92. The van der Waals surface area contributed by atoms with Crippen LogP contribution >= 0.6 is 0 Å². The maximum atomic E-state index is 11.9. The molecular formula is C11H9N3O. The van der Waals surface area contributed by atoms with Crippen LogP contribution in [0.15, 0.2) is 43.0 Å². The molecule has 0 saturated carbocycles. The Bertz CT molecular complexity index is 482. The number of ketones is 1. The molecule has 2 aromatic rings. The highest BCUT2D eigenvalue weighted by molar-refractivity contribution is 6.11. The Morgan fingerprint density at radius 1 is 1.07 bits per heavy atom. The number of nitrogen functional groups attached to an aromatic ring is 1. The van der Waals surface area contributed by atoms with Crippen LogP contribution in [0.5, 0.6) is 0 Å². The fourth-order valence-electron chi connectivity index (χ4n) is 1.27. The minimum Gasteiger partial charge on any atom is -0.397 e. The number of carbonyl (C=O) groups is 1. The normalized spacial score (nSPS) is 9.87. The SMILES string of the molecule is Nc1cnccc1C(=O)c1ccncc1. The topological polar surface area (TPSA) is 68.9 Å². The van der Waals surface area contributed by atoms with Gasteiger partial charge in [0.2, 0.25) is 0 Å². The number of anilines is 1. The Kier molecular flexibility index (Phi) is 2.41. The number of nitrogens with two attached hydrogens (primary N) is 1. The zero-order chi connectivity index (χ0) is 10.7. The third-order valence-electron chi connectivity index (χ3n) is 2.04. The first kappa shape index (κ1) is 9.33. The van der Waals surface area contributed by atoms with Gasteiger partial charge in [-0.3, -0.25) is 14.8 Å². The van der Waals surface area contributed by atoms with Gasteiger partial charge in [-0.05, 0) is 18.2 Å². The van der Waals surface area contributed by atoms with Gasteiger partial charge in [0.05, 0.1) is 11.9 Å². The molecule has 0 unspecified atom stereocenters. The molecule has 0 atom stereocenters. The van der Waals surface area contributed by atoms with E-state index in [1.165, 1.54) is 6.20 Å². The first-order valence-electron chi connectivity index (χ1n) is 4.43. The van der Waals surface area contributed by atoms with Crippen molar-refractivity contribution >= 4 is 11.5 Å². The van der Waals surface area contributed by atoms with Gasteiger partial charge in [-0.1, -0.05) is 0 Å². The van der Waals surface area contributed by atoms with Crippen molar-refractivity contribution in [1.82, 2.24) is 9.97 Å². The van der Waals surface area contributed by atoms with Crippen molar-refractivity contribution in [3.63, 3.8) is 0 Å². The molecule has 0 aliphatic rings. The Labute approximate surface area is 86.8 Å². The van der Waals surface area contributed by atoms with Crippen molar-refractivity contribution in [2.45, 2.75) is 0 Å². The molecule has 2 heterocycles. The van der Waals surface area contributed by atoms with Gasteiger partial charge in [0.15, 0.2) is 5.78 Å². The second-order valence-electron chi connectivity index (χ2n) is 3.03. The van der Waals surface area contributed by atoms with E-state index in [0.717, 1.165) is 0 Å². The molecule has 0 aromatic carbocycles. The van der Waals surface area contributed by atoms with Crippen molar-refractivity contribution in [2.24, 2.45) is 0 Å². The Morgan fingerprint density at radius 2 is 1.73 bits per heavy atom. The van der Waals surface area contributed by atoms with Crippen LogP contribution in [0.3, 0.4) is 0 Å². The van der Waals surface area contributed by atoms with Gasteiger partial charge in [-0.15, -0.1) is 0 Å². The smallest absolute Gasteiger partial charge is 0.195 e. The van der Waals surface area contributed by atoms with E-state index in [9.17, 15) is 4.79 Å². The number of hydrogen-bond donors (Lipinski definition) is 1. The summed E-state index contributed by atoms with van der Waals surface area (Å²) in [4.78, 5) is 19.6. The average Bonchev–Trinajstić information content (AvgIpc) is 2.30. The minimum atomic E-state index is -0.114. The molecule has 4 heteroatoms. The van der Waals surface area contributed by atoms with E-state index in [2.05, 4.69) is 9.97 Å². The average molecular weight is 199 g/mol. The van der Waals surface area contributed by atoms with Crippen LogP contribution in [0, 0.1) is 0 Å². The van der Waals surface area contributed by atoms with E-state index in [1.54, 1.807) is 36.8 Å². The molecule has 0 radical (unpaired) electrons. The highest BCUT2D eigenvalue weighted by Gasteiger charge is 2.11. The lowest BCUT2D eigenvalue weighted by atomic mass is 10.0. The Balaban J connectivity index is 2.42. The van der Waals surface area contributed by atoms with Gasteiger partial charge in [-0.25, -0.2) is 0 Å². The summed E-state index contributed by atoms with van der Waals surface area (Å²) in [7, 11) is 0. The van der Waals surface area contributed by atoms with E-state index in [4.69, 9.17) is 5.73 Å². The maximum Gasteiger partial charge on any atom is 0.195 e. The lowest BCUT2D eigenvalue weighted by Crippen LogP contribution is -2.05. The quantitative estimate of drug-likeness (QED) is 0.740. The molecule has 2 rings (SSSR count). The summed E-state index contributed by atoms with van der Waals surface area (Å²) in [5, 5.41) is 0. The lowest BCUT2D eigenvalue weighted by molar-refractivity contribution is 0.103. The predicted octanol–water partition coefficient (Wildman–Crippen LogP) is 1.29. The Hall–Kier alpha value is -2.23. The third-order valence-corrected chi connectivity index (χ3v) is 2.04. The van der Waals surface area contributed by atoms with Crippen LogP contribution in [0.1, 0.15) is 15.9 Å². The number of pyridine rings is 2. The van der Waals surface area contributed by atoms with E-state index in [1.807, 2.05) is 0 Å². The van der Waals surface area contributed by atoms with E-state index < -0.39 is 0 Å². The standard InChI is InChI=1S/C11H9N3O/c12-10-7-14-6-3-9(10)11(15)8-1-4-13-5-2-8/h1-7H,12H2. The van der Waals surface area contributed by atoms with Gasteiger partial charge < -0.3 is 5.73 Å². The van der Waals surface area contributed by atoms with E-state index >= 15 is 0 Å². The molecule has 2 N–H and O–H groups in total. The number of carbonyl (C=O) groups excluding carboxylic acids is 1. The van der Waals surface area contributed by atoms with Gasteiger partial charge in [0.25, 0.3) is 0 Å². The van der Waals surface area contributed by atoms with Gasteiger partial charge in [0, 0.05) is 29.7 Å². The van der Waals surface area contributed by atoms with Gasteiger partial charge in [0.1, 0.15) is 0 Å². The third kappa shape index (κ3) is 1.83. The largest absolute Gasteiger partial charge is 0.397 e. The predicted molar refractivity (Wildman–Crippen MR) is 56.3 cm³/mol.